The molecule has 0 N–H and O–H groups in total. The second-order valence-corrected chi connectivity index (χ2v) is 6.94. The molecule has 0 saturated carbocycles. The van der Waals surface area contributed by atoms with Gasteiger partial charge in [0.1, 0.15) is 16.3 Å². The van der Waals surface area contributed by atoms with E-state index in [1.165, 1.54) is 18.3 Å². The average Bonchev–Trinajstić information content (AvgIpc) is 3.14. The summed E-state index contributed by atoms with van der Waals surface area (Å²) in [5.74, 6) is -0.570. The first-order chi connectivity index (χ1) is 13.0. The normalized spacial score (nSPS) is 10.9. The maximum atomic E-state index is 12.8. The lowest BCUT2D eigenvalue weighted by Gasteiger charge is -2.07. The summed E-state index contributed by atoms with van der Waals surface area (Å²) in [7, 11) is 0. The van der Waals surface area contributed by atoms with Gasteiger partial charge in [-0.2, -0.15) is 0 Å². The van der Waals surface area contributed by atoms with Crippen LogP contribution >= 0.6 is 11.3 Å². The summed E-state index contributed by atoms with van der Waals surface area (Å²) in [6.45, 7) is 3.26. The van der Waals surface area contributed by atoms with Crippen LogP contribution in [-0.4, -0.2) is 11.0 Å². The number of aromatic nitrogens is 1. The molecule has 134 valence electrons. The molecular formula is C21H15NO4S. The van der Waals surface area contributed by atoms with Crippen LogP contribution in [0.3, 0.4) is 0 Å². The van der Waals surface area contributed by atoms with E-state index in [-0.39, 0.29) is 11.5 Å². The van der Waals surface area contributed by atoms with E-state index in [0.29, 0.717) is 16.7 Å². The van der Waals surface area contributed by atoms with Crippen molar-refractivity contribution < 1.29 is 13.9 Å². The Morgan fingerprint density at radius 2 is 1.96 bits per heavy atom. The van der Waals surface area contributed by atoms with Gasteiger partial charge in [-0.15, -0.1) is 11.3 Å². The molecule has 0 fully saturated rings. The van der Waals surface area contributed by atoms with Crippen LogP contribution in [0.15, 0.2) is 63.1 Å². The first-order valence-electron chi connectivity index (χ1n) is 8.30. The van der Waals surface area contributed by atoms with Gasteiger partial charge in [0.05, 0.1) is 5.39 Å². The second kappa shape index (κ2) is 6.81. The number of ether oxygens (including phenoxy) is 1. The summed E-state index contributed by atoms with van der Waals surface area (Å²) in [5.41, 5.74) is 2.58. The molecule has 2 heterocycles. The molecule has 5 nitrogen and oxygen atoms in total. The average molecular weight is 377 g/mol. The van der Waals surface area contributed by atoms with Gasteiger partial charge in [0.25, 0.3) is 0 Å². The lowest BCUT2D eigenvalue weighted by molar-refractivity contribution is -0.131. The molecule has 0 spiro atoms. The number of fused-ring (bicyclic) bond motifs is 1. The predicted molar refractivity (Wildman–Crippen MR) is 105 cm³/mol. The summed E-state index contributed by atoms with van der Waals surface area (Å²) in [6.07, 6.45) is 0. The van der Waals surface area contributed by atoms with Crippen LogP contribution in [0.2, 0.25) is 0 Å². The van der Waals surface area contributed by atoms with E-state index in [1.807, 2.05) is 31.2 Å². The molecule has 6 heteroatoms. The van der Waals surface area contributed by atoms with E-state index in [9.17, 15) is 9.59 Å². The summed E-state index contributed by atoms with van der Waals surface area (Å²) in [4.78, 5) is 28.9. The third-order valence-electron chi connectivity index (χ3n) is 4.00. The fourth-order valence-corrected chi connectivity index (χ4v) is 3.62. The van der Waals surface area contributed by atoms with Crippen LogP contribution in [-0.2, 0) is 4.79 Å². The van der Waals surface area contributed by atoms with Crippen molar-refractivity contribution in [3.8, 4) is 27.8 Å². The van der Waals surface area contributed by atoms with Gasteiger partial charge in [-0.1, -0.05) is 35.9 Å². The minimum absolute atomic E-state index is 0.137. The highest BCUT2D eigenvalue weighted by atomic mass is 32.1. The molecule has 0 unspecified atom stereocenters. The Morgan fingerprint density at radius 1 is 1.15 bits per heavy atom. The van der Waals surface area contributed by atoms with Crippen molar-refractivity contribution in [1.82, 2.24) is 4.98 Å². The molecular weight excluding hydrogens is 362 g/mol. The molecule has 0 amide bonds. The zero-order valence-electron chi connectivity index (χ0n) is 14.7. The molecule has 4 rings (SSSR count). The molecule has 0 aliphatic heterocycles. The number of esters is 1. The molecule has 27 heavy (non-hydrogen) atoms. The van der Waals surface area contributed by atoms with Crippen molar-refractivity contribution in [3.05, 3.63) is 69.7 Å². The fraction of sp³-hybridized carbons (Fsp3) is 0.0952. The standard InChI is InChI=1S/C21H15NO4S/c1-12-6-5-7-14(10-12)21-22-16(11-27-21)19-20(25-13(2)23)18(24)15-8-3-4-9-17(15)26-19/h3-11H,1-2H3. The van der Waals surface area contributed by atoms with Crippen molar-refractivity contribution in [2.75, 3.05) is 0 Å². The van der Waals surface area contributed by atoms with Gasteiger partial charge in [0, 0.05) is 17.9 Å². The van der Waals surface area contributed by atoms with Crippen molar-refractivity contribution in [3.63, 3.8) is 0 Å². The highest BCUT2D eigenvalue weighted by molar-refractivity contribution is 7.13. The summed E-state index contributed by atoms with van der Waals surface area (Å²) < 4.78 is 11.1. The van der Waals surface area contributed by atoms with Crippen LogP contribution in [0.5, 0.6) is 5.75 Å². The van der Waals surface area contributed by atoms with Gasteiger partial charge >= 0.3 is 5.97 Å². The molecule has 0 saturated heterocycles. The number of aryl methyl sites for hydroxylation is 1. The fourth-order valence-electron chi connectivity index (χ4n) is 2.82. The van der Waals surface area contributed by atoms with Crippen LogP contribution in [0, 0.1) is 6.92 Å². The summed E-state index contributed by atoms with van der Waals surface area (Å²) >= 11 is 1.43. The minimum atomic E-state index is -0.590. The number of hydrogen-bond acceptors (Lipinski definition) is 6. The largest absolute Gasteiger partial charge is 0.450 e. The highest BCUT2D eigenvalue weighted by Gasteiger charge is 2.21. The molecule has 0 aliphatic carbocycles. The topological polar surface area (TPSA) is 69.4 Å². The van der Waals surface area contributed by atoms with Crippen molar-refractivity contribution >= 4 is 28.3 Å². The second-order valence-electron chi connectivity index (χ2n) is 6.09. The Kier molecular flexibility index (Phi) is 4.33. The van der Waals surface area contributed by atoms with E-state index >= 15 is 0 Å². The quantitative estimate of drug-likeness (QED) is 0.479. The van der Waals surface area contributed by atoms with Crippen LogP contribution < -0.4 is 10.2 Å². The Labute approximate surface area is 158 Å². The van der Waals surface area contributed by atoms with E-state index in [1.54, 1.807) is 29.6 Å². The zero-order valence-corrected chi connectivity index (χ0v) is 15.5. The lowest BCUT2D eigenvalue weighted by atomic mass is 10.1. The Hall–Kier alpha value is -3.25. The molecule has 0 radical (unpaired) electrons. The minimum Gasteiger partial charge on any atom is -0.450 e. The van der Waals surface area contributed by atoms with Gasteiger partial charge in [-0.3, -0.25) is 9.59 Å². The molecule has 2 aromatic heterocycles. The number of carbonyl (C=O) groups excluding carboxylic acids is 1. The van der Waals surface area contributed by atoms with E-state index in [2.05, 4.69) is 4.98 Å². The Balaban J connectivity index is 1.91. The number of carbonyl (C=O) groups is 1. The number of nitrogens with zero attached hydrogens (tertiary/aromatic N) is 1. The molecule has 4 aromatic rings. The zero-order chi connectivity index (χ0) is 19.0. The van der Waals surface area contributed by atoms with Crippen LogP contribution in [0.25, 0.3) is 33.0 Å². The monoisotopic (exact) mass is 377 g/mol. The van der Waals surface area contributed by atoms with E-state index in [4.69, 9.17) is 9.15 Å². The third kappa shape index (κ3) is 3.27. The third-order valence-corrected chi connectivity index (χ3v) is 4.90. The number of hydrogen-bond donors (Lipinski definition) is 0. The SMILES string of the molecule is CC(=O)Oc1c(-c2csc(-c3cccc(C)c3)n2)oc2ccccc2c1=O. The molecule has 0 bridgehead atoms. The van der Waals surface area contributed by atoms with E-state index < -0.39 is 11.4 Å². The molecule has 0 aliphatic rings. The van der Waals surface area contributed by atoms with E-state index in [0.717, 1.165) is 16.1 Å². The summed E-state index contributed by atoms with van der Waals surface area (Å²) in [5, 5.41) is 2.93. The van der Waals surface area contributed by atoms with Gasteiger partial charge < -0.3 is 9.15 Å². The van der Waals surface area contributed by atoms with Crippen LogP contribution in [0.4, 0.5) is 0 Å². The molecule has 0 atom stereocenters. The van der Waals surface area contributed by atoms with Crippen molar-refractivity contribution in [1.29, 1.82) is 0 Å². The number of thiazole rings is 1. The maximum absolute atomic E-state index is 12.8. The van der Waals surface area contributed by atoms with Gasteiger partial charge in [0.2, 0.25) is 16.9 Å². The van der Waals surface area contributed by atoms with Crippen LogP contribution in [0.1, 0.15) is 12.5 Å². The first-order valence-corrected chi connectivity index (χ1v) is 9.18. The number of rotatable bonds is 3. The number of benzene rings is 2. The number of para-hydroxylation sites is 1. The first kappa shape index (κ1) is 17.2. The Bertz CT molecular complexity index is 1220. The van der Waals surface area contributed by atoms with Gasteiger partial charge in [-0.25, -0.2) is 4.98 Å². The highest BCUT2D eigenvalue weighted by Crippen LogP contribution is 2.34. The van der Waals surface area contributed by atoms with Gasteiger partial charge in [-0.05, 0) is 25.1 Å². The summed E-state index contributed by atoms with van der Waals surface area (Å²) in [6, 6.07) is 14.8. The lowest BCUT2D eigenvalue weighted by Crippen LogP contribution is -2.13. The molecule has 2 aromatic carbocycles. The van der Waals surface area contributed by atoms with Gasteiger partial charge in [0.15, 0.2) is 0 Å². The van der Waals surface area contributed by atoms with Crippen molar-refractivity contribution in [2.45, 2.75) is 13.8 Å². The Morgan fingerprint density at radius 3 is 2.74 bits per heavy atom. The van der Waals surface area contributed by atoms with Crippen molar-refractivity contribution in [2.24, 2.45) is 0 Å². The smallest absolute Gasteiger partial charge is 0.308 e. The maximum Gasteiger partial charge on any atom is 0.308 e. The predicted octanol–water partition coefficient (Wildman–Crippen LogP) is 4.82.